The van der Waals surface area contributed by atoms with Crippen LogP contribution >= 0.6 is 11.3 Å². The molecule has 5 nitrogen and oxygen atoms in total. The Balaban J connectivity index is 1.38. The topological polar surface area (TPSA) is 60.5 Å². The van der Waals surface area contributed by atoms with E-state index in [1.54, 1.807) is 7.11 Å². The Bertz CT molecular complexity index is 847. The summed E-state index contributed by atoms with van der Waals surface area (Å²) in [6.45, 7) is 0.483. The molecule has 0 unspecified atom stereocenters. The van der Waals surface area contributed by atoms with E-state index in [2.05, 4.69) is 22.4 Å². The van der Waals surface area contributed by atoms with E-state index in [4.69, 9.17) is 9.47 Å². The number of amides is 1. The lowest BCUT2D eigenvalue weighted by Crippen LogP contribution is -2.12. The second-order valence-corrected chi connectivity index (χ2v) is 7.09. The molecule has 0 saturated heterocycles. The monoisotopic (exact) mass is 382 g/mol. The second kappa shape index (κ2) is 9.73. The van der Waals surface area contributed by atoms with Crippen molar-refractivity contribution in [2.45, 2.75) is 19.3 Å². The highest BCUT2D eigenvalue weighted by atomic mass is 32.1. The Morgan fingerprint density at radius 3 is 2.56 bits per heavy atom. The summed E-state index contributed by atoms with van der Waals surface area (Å²) < 4.78 is 10.7. The first-order valence-electron chi connectivity index (χ1n) is 8.78. The number of thiazole rings is 1. The number of anilines is 1. The molecule has 2 aromatic carbocycles. The van der Waals surface area contributed by atoms with Crippen LogP contribution in [0.1, 0.15) is 23.3 Å². The van der Waals surface area contributed by atoms with E-state index in [0.29, 0.717) is 24.6 Å². The van der Waals surface area contributed by atoms with Gasteiger partial charge < -0.3 is 14.8 Å². The number of rotatable bonds is 9. The maximum absolute atomic E-state index is 12.1. The number of nitrogens with one attached hydrogen (secondary N) is 1. The van der Waals surface area contributed by atoms with Crippen molar-refractivity contribution in [2.75, 3.05) is 19.0 Å². The van der Waals surface area contributed by atoms with Gasteiger partial charge in [-0.25, -0.2) is 4.98 Å². The summed E-state index contributed by atoms with van der Waals surface area (Å²) >= 11 is 1.51. The number of carbonyl (C=O) groups excluding carboxylic acids is 1. The highest BCUT2D eigenvalue weighted by molar-refractivity contribution is 7.15. The summed E-state index contributed by atoms with van der Waals surface area (Å²) in [5.41, 5.74) is 1.23. The Labute approximate surface area is 163 Å². The van der Waals surface area contributed by atoms with Crippen LogP contribution in [0.5, 0.6) is 11.5 Å². The summed E-state index contributed by atoms with van der Waals surface area (Å²) in [7, 11) is 1.63. The zero-order chi connectivity index (χ0) is 18.9. The van der Waals surface area contributed by atoms with Crippen LogP contribution in [0.2, 0.25) is 0 Å². The van der Waals surface area contributed by atoms with Crippen LogP contribution in [0.3, 0.4) is 0 Å². The van der Waals surface area contributed by atoms with Gasteiger partial charge in [0.15, 0.2) is 5.13 Å². The van der Waals surface area contributed by atoms with Crippen molar-refractivity contribution in [2.24, 2.45) is 0 Å². The number of hydrogen-bond donors (Lipinski definition) is 1. The first-order valence-corrected chi connectivity index (χ1v) is 9.60. The Hall–Kier alpha value is -2.86. The van der Waals surface area contributed by atoms with Gasteiger partial charge in [0, 0.05) is 23.9 Å². The molecule has 1 amide bonds. The van der Waals surface area contributed by atoms with E-state index in [0.717, 1.165) is 22.8 Å². The van der Waals surface area contributed by atoms with Crippen LogP contribution in [0.4, 0.5) is 5.13 Å². The molecule has 1 heterocycles. The van der Waals surface area contributed by atoms with E-state index in [1.807, 2.05) is 48.7 Å². The summed E-state index contributed by atoms with van der Waals surface area (Å²) in [5.74, 6) is 1.51. The largest absolute Gasteiger partial charge is 0.497 e. The molecule has 140 valence electrons. The van der Waals surface area contributed by atoms with Crippen LogP contribution in [-0.2, 0) is 11.2 Å². The summed E-state index contributed by atoms with van der Waals surface area (Å²) in [6.07, 6.45) is 3.67. The number of nitrogens with zero attached hydrogens (tertiary/aromatic N) is 1. The number of benzene rings is 2. The first-order chi connectivity index (χ1) is 13.2. The predicted molar refractivity (Wildman–Crippen MR) is 108 cm³/mol. The molecule has 0 saturated carbocycles. The third-order valence-electron chi connectivity index (χ3n) is 3.90. The highest BCUT2D eigenvalue weighted by Gasteiger charge is 2.07. The SMILES string of the molecule is COc1ccc(OCCCC(=O)Nc2ncc(Cc3ccccc3)s2)cc1. The maximum Gasteiger partial charge on any atom is 0.226 e. The van der Waals surface area contributed by atoms with Gasteiger partial charge in [-0.1, -0.05) is 30.3 Å². The van der Waals surface area contributed by atoms with Gasteiger partial charge in [-0.2, -0.15) is 0 Å². The van der Waals surface area contributed by atoms with Gasteiger partial charge >= 0.3 is 0 Å². The number of methoxy groups -OCH3 is 1. The quantitative estimate of drug-likeness (QED) is 0.552. The molecule has 0 aliphatic carbocycles. The number of aromatic nitrogens is 1. The normalized spacial score (nSPS) is 10.4. The summed E-state index contributed by atoms with van der Waals surface area (Å²) in [5, 5.41) is 3.50. The fourth-order valence-electron chi connectivity index (χ4n) is 2.52. The Kier molecular flexibility index (Phi) is 6.82. The predicted octanol–water partition coefficient (Wildman–Crippen LogP) is 4.54. The standard InChI is InChI=1S/C21H22N2O3S/c1-25-17-9-11-18(12-10-17)26-13-5-8-20(24)23-21-22-15-19(27-21)14-16-6-3-2-4-7-16/h2-4,6-7,9-12,15H,5,8,13-14H2,1H3,(H,22,23,24). The highest BCUT2D eigenvalue weighted by Crippen LogP contribution is 2.21. The minimum absolute atomic E-state index is 0.0473. The van der Waals surface area contributed by atoms with Crippen LogP contribution in [-0.4, -0.2) is 24.6 Å². The van der Waals surface area contributed by atoms with Gasteiger partial charge in [0.1, 0.15) is 11.5 Å². The lowest BCUT2D eigenvalue weighted by molar-refractivity contribution is -0.116. The van der Waals surface area contributed by atoms with Gasteiger partial charge in [0.25, 0.3) is 0 Å². The lowest BCUT2D eigenvalue weighted by Gasteiger charge is -2.07. The van der Waals surface area contributed by atoms with Crippen molar-refractivity contribution in [3.63, 3.8) is 0 Å². The van der Waals surface area contributed by atoms with Crippen LogP contribution in [0.15, 0.2) is 60.8 Å². The number of hydrogen-bond acceptors (Lipinski definition) is 5. The zero-order valence-electron chi connectivity index (χ0n) is 15.2. The molecule has 0 spiro atoms. The fraction of sp³-hybridized carbons (Fsp3) is 0.238. The van der Waals surface area contributed by atoms with E-state index >= 15 is 0 Å². The zero-order valence-corrected chi connectivity index (χ0v) is 16.0. The molecule has 3 aromatic rings. The molecule has 6 heteroatoms. The maximum atomic E-state index is 12.1. The third kappa shape index (κ3) is 6.11. The lowest BCUT2D eigenvalue weighted by atomic mass is 10.1. The Morgan fingerprint density at radius 2 is 1.81 bits per heavy atom. The van der Waals surface area contributed by atoms with Crippen molar-refractivity contribution >= 4 is 22.4 Å². The molecule has 0 aliphatic heterocycles. The molecule has 1 aromatic heterocycles. The smallest absolute Gasteiger partial charge is 0.226 e. The van der Waals surface area contributed by atoms with Crippen LogP contribution in [0.25, 0.3) is 0 Å². The minimum atomic E-state index is -0.0473. The minimum Gasteiger partial charge on any atom is -0.497 e. The van der Waals surface area contributed by atoms with E-state index in [9.17, 15) is 4.79 Å². The molecule has 0 aliphatic rings. The molecule has 0 radical (unpaired) electrons. The fourth-order valence-corrected chi connectivity index (χ4v) is 3.38. The van der Waals surface area contributed by atoms with Crippen molar-refractivity contribution in [3.05, 3.63) is 71.2 Å². The molecule has 0 atom stereocenters. The van der Waals surface area contributed by atoms with Gasteiger partial charge in [-0.05, 0) is 36.2 Å². The van der Waals surface area contributed by atoms with Gasteiger partial charge in [-0.15, -0.1) is 11.3 Å². The van der Waals surface area contributed by atoms with Crippen molar-refractivity contribution in [1.29, 1.82) is 0 Å². The van der Waals surface area contributed by atoms with E-state index in [-0.39, 0.29) is 5.91 Å². The number of carbonyl (C=O) groups is 1. The summed E-state index contributed by atoms with van der Waals surface area (Å²) in [6, 6.07) is 17.6. The Morgan fingerprint density at radius 1 is 1.07 bits per heavy atom. The van der Waals surface area contributed by atoms with Gasteiger partial charge in [0.05, 0.1) is 13.7 Å². The van der Waals surface area contributed by atoms with Gasteiger partial charge in [0.2, 0.25) is 5.91 Å². The third-order valence-corrected chi connectivity index (χ3v) is 4.81. The second-order valence-electron chi connectivity index (χ2n) is 5.97. The first kappa shape index (κ1) is 18.9. The molecule has 3 rings (SSSR count). The number of ether oxygens (including phenoxy) is 2. The van der Waals surface area contributed by atoms with Crippen LogP contribution < -0.4 is 14.8 Å². The molecule has 1 N–H and O–H groups in total. The average Bonchev–Trinajstić information content (AvgIpc) is 3.13. The molecule has 0 fully saturated rings. The van der Waals surface area contributed by atoms with E-state index < -0.39 is 0 Å². The van der Waals surface area contributed by atoms with Crippen molar-refractivity contribution < 1.29 is 14.3 Å². The molecular formula is C21H22N2O3S. The summed E-state index contributed by atoms with van der Waals surface area (Å²) in [4.78, 5) is 17.5. The van der Waals surface area contributed by atoms with Gasteiger partial charge in [-0.3, -0.25) is 4.79 Å². The van der Waals surface area contributed by atoms with E-state index in [1.165, 1.54) is 16.9 Å². The molecular weight excluding hydrogens is 360 g/mol. The average molecular weight is 382 g/mol. The molecule has 0 bridgehead atoms. The molecule has 27 heavy (non-hydrogen) atoms. The van der Waals surface area contributed by atoms with Crippen molar-refractivity contribution in [1.82, 2.24) is 4.98 Å². The van der Waals surface area contributed by atoms with Crippen molar-refractivity contribution in [3.8, 4) is 11.5 Å². The van der Waals surface area contributed by atoms with Crippen LogP contribution in [0, 0.1) is 0 Å².